The molecule has 0 saturated carbocycles. The summed E-state index contributed by atoms with van der Waals surface area (Å²) in [5.41, 5.74) is 6.42. The molecule has 21 heavy (non-hydrogen) atoms. The number of aryl methyl sites for hydroxylation is 1. The minimum Gasteiger partial charge on any atom is -0.391 e. The lowest BCUT2D eigenvalue weighted by Crippen LogP contribution is -2.24. The van der Waals surface area contributed by atoms with Gasteiger partial charge in [-0.05, 0) is 24.4 Å². The first-order valence-electron chi connectivity index (χ1n) is 7.11. The van der Waals surface area contributed by atoms with Gasteiger partial charge in [-0.1, -0.05) is 17.7 Å². The molecule has 5 heteroatoms. The van der Waals surface area contributed by atoms with Crippen LogP contribution in [0.3, 0.4) is 0 Å². The topological polar surface area (TPSA) is 79.5 Å². The Hall–Kier alpha value is -2.14. The van der Waals surface area contributed by atoms with E-state index in [-0.39, 0.29) is 18.2 Å². The van der Waals surface area contributed by atoms with Crippen molar-refractivity contribution in [3.63, 3.8) is 0 Å². The van der Waals surface area contributed by atoms with Gasteiger partial charge in [-0.3, -0.25) is 4.79 Å². The third kappa shape index (κ3) is 2.69. The normalized spacial score (nSPS) is 21.9. The Morgan fingerprint density at radius 3 is 3.00 bits per heavy atom. The summed E-state index contributed by atoms with van der Waals surface area (Å²) in [7, 11) is 0. The van der Waals surface area contributed by atoms with Crippen molar-refractivity contribution >= 4 is 22.5 Å². The van der Waals surface area contributed by atoms with Crippen LogP contribution in [0.4, 0.5) is 5.82 Å². The van der Waals surface area contributed by atoms with Gasteiger partial charge in [-0.25, -0.2) is 4.98 Å². The number of carbonyl (C=O) groups is 1. The molecule has 0 radical (unpaired) electrons. The number of benzene rings is 1. The molecule has 0 aliphatic carbocycles. The number of amides is 1. The number of hydrogen-bond donors (Lipinski definition) is 2. The van der Waals surface area contributed by atoms with E-state index < -0.39 is 6.10 Å². The Bertz CT molecular complexity index is 686. The van der Waals surface area contributed by atoms with Gasteiger partial charge in [0.25, 0.3) is 0 Å². The summed E-state index contributed by atoms with van der Waals surface area (Å²) >= 11 is 0. The molecule has 0 bridgehead atoms. The number of pyridine rings is 1. The fourth-order valence-corrected chi connectivity index (χ4v) is 3.00. The fraction of sp³-hybridized carbons (Fsp3) is 0.375. The number of aromatic nitrogens is 1. The molecule has 110 valence electrons. The van der Waals surface area contributed by atoms with Crippen molar-refractivity contribution in [3.8, 4) is 0 Å². The van der Waals surface area contributed by atoms with Gasteiger partial charge in [0.1, 0.15) is 5.82 Å². The van der Waals surface area contributed by atoms with Crippen molar-refractivity contribution in [2.45, 2.75) is 19.4 Å². The number of aliphatic hydroxyl groups excluding tert-OH is 1. The SMILES string of the molecule is Cc1ccc2ccnc(N3C[C@@H](CC(N)=O)[C@H](O)C3)c2c1. The Balaban J connectivity index is 1.94. The van der Waals surface area contributed by atoms with Crippen molar-refractivity contribution in [3.05, 3.63) is 36.0 Å². The summed E-state index contributed by atoms with van der Waals surface area (Å²) < 4.78 is 0. The van der Waals surface area contributed by atoms with Gasteiger partial charge in [0.2, 0.25) is 5.91 Å². The number of hydrogen-bond acceptors (Lipinski definition) is 4. The number of primary amides is 1. The molecule has 1 aromatic heterocycles. The van der Waals surface area contributed by atoms with Gasteiger partial charge in [-0.2, -0.15) is 0 Å². The summed E-state index contributed by atoms with van der Waals surface area (Å²) in [6, 6.07) is 8.22. The number of β-amino-alcohol motifs (C(OH)–C–C–N with tert-alkyl or cyclic N) is 1. The zero-order chi connectivity index (χ0) is 15.0. The highest BCUT2D eigenvalue weighted by molar-refractivity contribution is 5.92. The molecule has 0 unspecified atom stereocenters. The van der Waals surface area contributed by atoms with Crippen LogP contribution < -0.4 is 10.6 Å². The van der Waals surface area contributed by atoms with Crippen molar-refractivity contribution in [2.75, 3.05) is 18.0 Å². The van der Waals surface area contributed by atoms with Crippen LogP contribution in [0.1, 0.15) is 12.0 Å². The minimum atomic E-state index is -0.542. The molecule has 1 aliphatic heterocycles. The summed E-state index contributed by atoms with van der Waals surface area (Å²) in [5, 5.41) is 12.3. The second-order valence-electron chi connectivity index (χ2n) is 5.76. The van der Waals surface area contributed by atoms with Crippen LogP contribution in [-0.4, -0.2) is 35.2 Å². The standard InChI is InChI=1S/C16H19N3O2/c1-10-2-3-11-4-5-18-16(13(11)6-10)19-8-12(7-15(17)21)14(20)9-19/h2-6,12,14,20H,7-9H2,1H3,(H2,17,21)/t12-,14-/m1/s1. The summed E-state index contributed by atoms with van der Waals surface area (Å²) in [4.78, 5) is 17.6. The van der Waals surface area contributed by atoms with Gasteiger partial charge in [0.15, 0.2) is 0 Å². The number of nitrogens with two attached hydrogens (primary N) is 1. The maximum Gasteiger partial charge on any atom is 0.217 e. The molecular weight excluding hydrogens is 266 g/mol. The van der Waals surface area contributed by atoms with E-state index in [9.17, 15) is 9.90 Å². The van der Waals surface area contributed by atoms with Crippen molar-refractivity contribution in [1.82, 2.24) is 4.98 Å². The summed E-state index contributed by atoms with van der Waals surface area (Å²) in [6.07, 6.45) is 1.45. The smallest absolute Gasteiger partial charge is 0.217 e. The van der Waals surface area contributed by atoms with E-state index in [1.807, 2.05) is 17.9 Å². The molecule has 1 saturated heterocycles. The molecule has 1 aliphatic rings. The average Bonchev–Trinajstić information content (AvgIpc) is 2.78. The van der Waals surface area contributed by atoms with Gasteiger partial charge < -0.3 is 15.7 Å². The van der Waals surface area contributed by atoms with Crippen molar-refractivity contribution in [1.29, 1.82) is 0 Å². The van der Waals surface area contributed by atoms with E-state index >= 15 is 0 Å². The molecule has 2 atom stereocenters. The molecule has 0 spiro atoms. The van der Waals surface area contributed by atoms with Gasteiger partial charge in [-0.15, -0.1) is 0 Å². The lowest BCUT2D eigenvalue weighted by Gasteiger charge is -2.19. The zero-order valence-electron chi connectivity index (χ0n) is 12.0. The highest BCUT2D eigenvalue weighted by Gasteiger charge is 2.33. The van der Waals surface area contributed by atoms with Crippen LogP contribution in [0.15, 0.2) is 30.5 Å². The third-order valence-electron chi connectivity index (χ3n) is 4.07. The first-order chi connectivity index (χ1) is 10.0. The molecule has 1 aromatic carbocycles. The largest absolute Gasteiger partial charge is 0.391 e. The Labute approximate surface area is 123 Å². The second kappa shape index (κ2) is 5.33. The lowest BCUT2D eigenvalue weighted by atomic mass is 10.0. The van der Waals surface area contributed by atoms with Crippen molar-refractivity contribution in [2.24, 2.45) is 11.7 Å². The number of fused-ring (bicyclic) bond motifs is 1. The number of aliphatic hydroxyl groups is 1. The maximum absolute atomic E-state index is 11.1. The Kier molecular flexibility index (Phi) is 3.51. The number of nitrogens with zero attached hydrogens (tertiary/aromatic N) is 2. The van der Waals surface area contributed by atoms with Gasteiger partial charge >= 0.3 is 0 Å². The van der Waals surface area contributed by atoms with Crippen molar-refractivity contribution < 1.29 is 9.90 Å². The third-order valence-corrected chi connectivity index (χ3v) is 4.07. The van der Waals surface area contributed by atoms with Crippen LogP contribution in [0, 0.1) is 12.8 Å². The van der Waals surface area contributed by atoms with Gasteiger partial charge in [0.05, 0.1) is 6.10 Å². The predicted molar refractivity (Wildman–Crippen MR) is 82.0 cm³/mol. The summed E-state index contributed by atoms with van der Waals surface area (Å²) in [6.45, 7) is 3.13. The van der Waals surface area contributed by atoms with E-state index in [2.05, 4.69) is 23.2 Å². The first-order valence-corrected chi connectivity index (χ1v) is 7.11. The fourth-order valence-electron chi connectivity index (χ4n) is 3.00. The van der Waals surface area contributed by atoms with Crippen LogP contribution in [0.2, 0.25) is 0 Å². The van der Waals surface area contributed by atoms with E-state index in [4.69, 9.17) is 5.73 Å². The van der Waals surface area contributed by atoms with Crippen LogP contribution in [0.5, 0.6) is 0 Å². The maximum atomic E-state index is 11.1. The van der Waals surface area contributed by atoms with E-state index in [0.717, 1.165) is 16.6 Å². The van der Waals surface area contributed by atoms with Crippen LogP contribution in [-0.2, 0) is 4.79 Å². The van der Waals surface area contributed by atoms with Crippen LogP contribution in [0.25, 0.3) is 10.8 Å². The number of rotatable bonds is 3. The minimum absolute atomic E-state index is 0.121. The first kappa shape index (κ1) is 13.8. The number of anilines is 1. The molecule has 5 nitrogen and oxygen atoms in total. The molecule has 2 heterocycles. The van der Waals surface area contributed by atoms with E-state index in [1.54, 1.807) is 6.20 Å². The molecular formula is C16H19N3O2. The molecule has 1 fully saturated rings. The second-order valence-corrected chi connectivity index (χ2v) is 5.76. The lowest BCUT2D eigenvalue weighted by molar-refractivity contribution is -0.119. The monoisotopic (exact) mass is 285 g/mol. The Morgan fingerprint density at radius 1 is 1.43 bits per heavy atom. The van der Waals surface area contributed by atoms with E-state index in [1.165, 1.54) is 5.56 Å². The number of carbonyl (C=O) groups excluding carboxylic acids is 1. The average molecular weight is 285 g/mol. The quantitative estimate of drug-likeness (QED) is 0.888. The highest BCUT2D eigenvalue weighted by Crippen LogP contribution is 2.30. The highest BCUT2D eigenvalue weighted by atomic mass is 16.3. The van der Waals surface area contributed by atoms with Crippen LogP contribution >= 0.6 is 0 Å². The predicted octanol–water partition coefficient (Wildman–Crippen LogP) is 1.22. The van der Waals surface area contributed by atoms with Gasteiger partial charge in [0, 0.05) is 37.0 Å². The Morgan fingerprint density at radius 2 is 2.24 bits per heavy atom. The molecule has 1 amide bonds. The summed E-state index contributed by atoms with van der Waals surface area (Å²) in [5.74, 6) is 0.370. The molecule has 3 rings (SSSR count). The zero-order valence-corrected chi connectivity index (χ0v) is 12.0. The molecule has 3 N–H and O–H groups in total. The molecule has 2 aromatic rings. The van der Waals surface area contributed by atoms with E-state index in [0.29, 0.717) is 13.1 Å².